The van der Waals surface area contributed by atoms with E-state index in [2.05, 4.69) is 15.0 Å². The molecule has 0 bridgehead atoms. The summed E-state index contributed by atoms with van der Waals surface area (Å²) < 4.78 is 3.83. The van der Waals surface area contributed by atoms with Gasteiger partial charge in [0.05, 0.1) is 6.33 Å². The Labute approximate surface area is 132 Å². The fraction of sp³-hybridized carbons (Fsp3) is 0.429. The average Bonchev–Trinajstić information content (AvgIpc) is 3.16. The van der Waals surface area contributed by atoms with Gasteiger partial charge in [0.2, 0.25) is 5.88 Å². The maximum Gasteiger partial charge on any atom is 0.264 e. The van der Waals surface area contributed by atoms with Gasteiger partial charge in [-0.15, -0.1) is 0 Å². The molecule has 1 saturated carbocycles. The van der Waals surface area contributed by atoms with Gasteiger partial charge in [-0.1, -0.05) is 0 Å². The van der Waals surface area contributed by atoms with Crippen LogP contribution in [0.2, 0.25) is 0 Å². The van der Waals surface area contributed by atoms with Gasteiger partial charge >= 0.3 is 0 Å². The van der Waals surface area contributed by atoms with E-state index >= 15 is 0 Å². The zero-order valence-corrected chi connectivity index (χ0v) is 12.8. The molecule has 2 N–H and O–H groups in total. The Bertz CT molecular complexity index is 787. The number of aryl methyl sites for hydroxylation is 1. The predicted octanol–water partition coefficient (Wildman–Crippen LogP) is 1.65. The van der Waals surface area contributed by atoms with E-state index < -0.39 is 5.56 Å². The summed E-state index contributed by atoms with van der Waals surface area (Å²) in [6.07, 6.45) is 9.56. The molecular weight excluding hydrogens is 302 g/mol. The molecule has 2 heterocycles. The number of imidazole rings is 1. The van der Waals surface area contributed by atoms with Gasteiger partial charge in [-0.25, -0.2) is 4.98 Å². The number of nitrogens with zero attached hydrogens (tertiary/aromatic N) is 4. The van der Waals surface area contributed by atoms with Crippen molar-refractivity contribution in [2.24, 2.45) is 4.99 Å². The zero-order valence-electron chi connectivity index (χ0n) is 12.0. The number of hydrogen-bond donors (Lipinski definition) is 2. The first kappa shape index (κ1) is 14.7. The molecule has 1 aliphatic carbocycles. The van der Waals surface area contributed by atoms with Crippen molar-refractivity contribution in [3.63, 3.8) is 0 Å². The monoisotopic (exact) mass is 319 g/mol. The molecule has 0 aromatic carbocycles. The van der Waals surface area contributed by atoms with Crippen LogP contribution in [0.15, 0.2) is 28.5 Å². The molecule has 0 spiro atoms. The van der Waals surface area contributed by atoms with Crippen molar-refractivity contribution in [1.29, 1.82) is 0 Å². The normalized spacial score (nSPS) is 14.7. The molecule has 0 saturated heterocycles. The van der Waals surface area contributed by atoms with E-state index in [1.54, 1.807) is 17.1 Å². The fourth-order valence-corrected chi connectivity index (χ4v) is 2.59. The van der Waals surface area contributed by atoms with Crippen molar-refractivity contribution in [2.45, 2.75) is 31.8 Å². The van der Waals surface area contributed by atoms with E-state index in [0.29, 0.717) is 6.54 Å². The number of aromatic hydroxyl groups is 1. The summed E-state index contributed by atoms with van der Waals surface area (Å²) in [4.78, 5) is 22.7. The molecule has 22 heavy (non-hydrogen) atoms. The van der Waals surface area contributed by atoms with Gasteiger partial charge in [-0.05, 0) is 31.5 Å². The van der Waals surface area contributed by atoms with E-state index in [-0.39, 0.29) is 22.3 Å². The number of hydrogen-bond acceptors (Lipinski definition) is 5. The largest absolute Gasteiger partial charge is 0.494 e. The highest BCUT2D eigenvalue weighted by atomic mass is 32.1. The fourth-order valence-electron chi connectivity index (χ4n) is 2.26. The van der Waals surface area contributed by atoms with Gasteiger partial charge in [0.1, 0.15) is 5.56 Å². The molecule has 0 radical (unpaired) electrons. The van der Waals surface area contributed by atoms with E-state index in [0.717, 1.165) is 25.8 Å². The van der Waals surface area contributed by atoms with E-state index in [1.807, 2.05) is 10.8 Å². The van der Waals surface area contributed by atoms with Gasteiger partial charge in [0.15, 0.2) is 4.77 Å². The number of aromatic amines is 1. The maximum atomic E-state index is 11.9. The first-order valence-electron chi connectivity index (χ1n) is 7.20. The third kappa shape index (κ3) is 3.16. The maximum absolute atomic E-state index is 11.9. The standard InChI is InChI=1S/C14H17N5O2S/c20-12-11(8-15-4-1-6-18-7-5-16-9-18)13(21)19(10-2-3-10)14(22)17-12/h5,7-10,21H,1-4,6H2,(H,17,20,22). The third-order valence-electron chi connectivity index (χ3n) is 3.55. The minimum absolute atomic E-state index is 0.0883. The molecule has 1 fully saturated rings. The first-order valence-corrected chi connectivity index (χ1v) is 7.61. The first-order chi connectivity index (χ1) is 10.7. The summed E-state index contributed by atoms with van der Waals surface area (Å²) in [6.45, 7) is 1.38. The van der Waals surface area contributed by atoms with Crippen molar-refractivity contribution < 1.29 is 5.11 Å². The van der Waals surface area contributed by atoms with Gasteiger partial charge < -0.3 is 9.67 Å². The molecule has 2 aromatic heterocycles. The highest BCUT2D eigenvalue weighted by molar-refractivity contribution is 7.71. The smallest absolute Gasteiger partial charge is 0.264 e. The van der Waals surface area contributed by atoms with Crippen LogP contribution in [0.25, 0.3) is 0 Å². The molecule has 3 rings (SSSR count). The van der Waals surface area contributed by atoms with Crippen LogP contribution in [0.3, 0.4) is 0 Å². The summed E-state index contributed by atoms with van der Waals surface area (Å²) in [6, 6.07) is 0.192. The van der Waals surface area contributed by atoms with Crippen LogP contribution >= 0.6 is 12.2 Å². The highest BCUT2D eigenvalue weighted by Crippen LogP contribution is 2.37. The van der Waals surface area contributed by atoms with Crippen LogP contribution in [-0.4, -0.2) is 37.0 Å². The van der Waals surface area contributed by atoms with Crippen molar-refractivity contribution in [3.05, 3.63) is 39.4 Å². The van der Waals surface area contributed by atoms with Gasteiger partial charge in [0, 0.05) is 37.7 Å². The summed E-state index contributed by atoms with van der Waals surface area (Å²) in [7, 11) is 0. The quantitative estimate of drug-likeness (QED) is 0.481. The summed E-state index contributed by atoms with van der Waals surface area (Å²) >= 11 is 5.10. The van der Waals surface area contributed by atoms with Crippen LogP contribution in [0.4, 0.5) is 0 Å². The lowest BCUT2D eigenvalue weighted by Gasteiger charge is -2.09. The van der Waals surface area contributed by atoms with E-state index in [1.165, 1.54) is 6.21 Å². The molecule has 7 nitrogen and oxygen atoms in total. The minimum Gasteiger partial charge on any atom is -0.494 e. The van der Waals surface area contributed by atoms with E-state index in [9.17, 15) is 9.90 Å². The Balaban J connectivity index is 1.69. The molecule has 0 aliphatic heterocycles. The topological polar surface area (TPSA) is 88.2 Å². The van der Waals surface area contributed by atoms with Crippen molar-refractivity contribution in [3.8, 4) is 5.88 Å². The number of H-pyrrole nitrogens is 1. The second-order valence-electron chi connectivity index (χ2n) is 5.29. The highest BCUT2D eigenvalue weighted by Gasteiger charge is 2.27. The van der Waals surface area contributed by atoms with Gasteiger partial charge in [0.25, 0.3) is 5.56 Å². The molecule has 0 atom stereocenters. The molecule has 0 unspecified atom stereocenters. The van der Waals surface area contributed by atoms with Crippen molar-refractivity contribution >= 4 is 18.4 Å². The van der Waals surface area contributed by atoms with Crippen molar-refractivity contribution in [1.82, 2.24) is 19.1 Å². The lowest BCUT2D eigenvalue weighted by molar-refractivity contribution is 0.405. The Morgan fingerprint density at radius 2 is 2.36 bits per heavy atom. The molecule has 8 heteroatoms. The third-order valence-corrected chi connectivity index (χ3v) is 3.85. The average molecular weight is 319 g/mol. The predicted molar refractivity (Wildman–Crippen MR) is 85.1 cm³/mol. The van der Waals surface area contributed by atoms with Crippen LogP contribution < -0.4 is 5.56 Å². The van der Waals surface area contributed by atoms with Gasteiger partial charge in [-0.2, -0.15) is 0 Å². The van der Waals surface area contributed by atoms with Crippen LogP contribution in [0, 0.1) is 4.77 Å². The Morgan fingerprint density at radius 3 is 3.05 bits per heavy atom. The van der Waals surface area contributed by atoms with Crippen LogP contribution in [0.1, 0.15) is 30.9 Å². The van der Waals surface area contributed by atoms with Crippen LogP contribution in [0.5, 0.6) is 5.88 Å². The minimum atomic E-state index is -0.405. The Hall–Kier alpha value is -2.22. The number of nitrogens with one attached hydrogen (secondary N) is 1. The lowest BCUT2D eigenvalue weighted by atomic mass is 10.3. The summed E-state index contributed by atoms with van der Waals surface area (Å²) in [5.41, 5.74) is -0.235. The number of rotatable bonds is 6. The van der Waals surface area contributed by atoms with Gasteiger partial charge in [-0.3, -0.25) is 19.3 Å². The Kier molecular flexibility index (Phi) is 4.19. The van der Waals surface area contributed by atoms with Crippen LogP contribution in [-0.2, 0) is 6.54 Å². The number of aromatic nitrogens is 4. The Morgan fingerprint density at radius 1 is 1.55 bits per heavy atom. The summed E-state index contributed by atoms with van der Waals surface area (Å²) in [5.74, 6) is -0.0883. The SMILES string of the molecule is O=c1[nH]c(=S)n(C2CC2)c(O)c1C=NCCCn1ccnc1. The molecule has 2 aromatic rings. The second kappa shape index (κ2) is 6.27. The molecule has 1 aliphatic rings. The van der Waals surface area contributed by atoms with E-state index in [4.69, 9.17) is 12.2 Å². The lowest BCUT2D eigenvalue weighted by Crippen LogP contribution is -2.18. The van der Waals surface area contributed by atoms with Crippen molar-refractivity contribution in [2.75, 3.05) is 6.54 Å². The number of aliphatic imine (C=N–C) groups is 1. The summed E-state index contributed by atoms with van der Waals surface area (Å²) in [5, 5.41) is 10.2. The molecule has 0 amide bonds. The molecular formula is C14H17N5O2S. The molecule has 116 valence electrons. The zero-order chi connectivity index (χ0) is 15.5. The second-order valence-corrected chi connectivity index (χ2v) is 5.67.